The van der Waals surface area contributed by atoms with Crippen LogP contribution in [0.25, 0.3) is 10.2 Å². The van der Waals surface area contributed by atoms with Crippen molar-refractivity contribution in [1.29, 1.82) is 0 Å². The fraction of sp³-hybridized carbons (Fsp3) is 0.188. The Morgan fingerprint density at radius 1 is 1.05 bits per heavy atom. The largest absolute Gasteiger partial charge is 0.230 e. The molecule has 4 heteroatoms. The van der Waals surface area contributed by atoms with E-state index in [0.717, 1.165) is 20.9 Å². The van der Waals surface area contributed by atoms with Gasteiger partial charge in [-0.15, -0.1) is 11.3 Å². The molecule has 102 valence electrons. The number of aromatic nitrogens is 1. The molecular weight excluding hydrogens is 350 g/mol. The second kappa shape index (κ2) is 6.74. The van der Waals surface area contributed by atoms with Crippen LogP contribution in [0.2, 0.25) is 0 Å². The number of nitrogens with zero attached hydrogens (tertiary/aromatic N) is 1. The minimum absolute atomic E-state index is 0.521. The second-order valence-corrected chi connectivity index (χ2v) is 7.47. The van der Waals surface area contributed by atoms with Crippen LogP contribution in [-0.2, 0) is 0 Å². The number of halogens is 1. The fourth-order valence-electron chi connectivity index (χ4n) is 2.04. The highest BCUT2D eigenvalue weighted by atomic mass is 79.9. The average molecular weight is 364 g/mol. The number of benzene rings is 2. The summed E-state index contributed by atoms with van der Waals surface area (Å²) in [6.45, 7) is 0. The maximum atomic E-state index is 4.68. The van der Waals surface area contributed by atoms with Crippen molar-refractivity contribution in [3.63, 3.8) is 0 Å². The summed E-state index contributed by atoms with van der Waals surface area (Å²) < 4.78 is 2.43. The first-order valence-electron chi connectivity index (χ1n) is 6.46. The monoisotopic (exact) mass is 363 g/mol. The molecule has 0 fully saturated rings. The van der Waals surface area contributed by atoms with Gasteiger partial charge >= 0.3 is 0 Å². The summed E-state index contributed by atoms with van der Waals surface area (Å²) in [4.78, 5) is 4.68. The van der Waals surface area contributed by atoms with Gasteiger partial charge in [-0.25, -0.2) is 4.98 Å². The van der Waals surface area contributed by atoms with E-state index in [1.807, 2.05) is 17.8 Å². The van der Waals surface area contributed by atoms with E-state index in [2.05, 4.69) is 69.4 Å². The van der Waals surface area contributed by atoms with Gasteiger partial charge in [0, 0.05) is 17.0 Å². The highest BCUT2D eigenvalue weighted by Gasteiger charge is 2.12. The number of thioether (sulfide) groups is 1. The van der Waals surface area contributed by atoms with Gasteiger partial charge in [0.1, 0.15) is 0 Å². The summed E-state index contributed by atoms with van der Waals surface area (Å²) in [6.07, 6.45) is 0. The molecular formula is C16H14BrNS2. The van der Waals surface area contributed by atoms with Crippen LogP contribution in [-0.4, -0.2) is 16.1 Å². The molecule has 1 aromatic heterocycles. The van der Waals surface area contributed by atoms with Gasteiger partial charge in [-0.2, -0.15) is 0 Å². The summed E-state index contributed by atoms with van der Waals surface area (Å²) in [5.74, 6) is 1.57. The molecule has 1 unspecified atom stereocenters. The Hall–Kier alpha value is -0.840. The van der Waals surface area contributed by atoms with Crippen LogP contribution in [0.15, 0.2) is 58.9 Å². The molecule has 0 radical (unpaired) electrons. The van der Waals surface area contributed by atoms with Crippen molar-refractivity contribution in [2.24, 2.45) is 0 Å². The molecule has 0 aliphatic carbocycles. The van der Waals surface area contributed by atoms with Crippen LogP contribution >= 0.6 is 39.0 Å². The van der Waals surface area contributed by atoms with Crippen LogP contribution in [0.1, 0.15) is 11.5 Å². The smallest absolute Gasteiger partial charge is 0.151 e. The van der Waals surface area contributed by atoms with Gasteiger partial charge in [-0.3, -0.25) is 0 Å². The van der Waals surface area contributed by atoms with E-state index in [9.17, 15) is 0 Å². The van der Waals surface area contributed by atoms with Gasteiger partial charge in [0.25, 0.3) is 0 Å². The Morgan fingerprint density at radius 2 is 1.80 bits per heavy atom. The second-order valence-electron chi connectivity index (χ2n) is 4.52. The predicted octanol–water partition coefficient (Wildman–Crippen LogP) is 5.57. The lowest BCUT2D eigenvalue weighted by molar-refractivity contribution is 0.902. The van der Waals surface area contributed by atoms with Gasteiger partial charge in [0.15, 0.2) is 4.34 Å². The Bertz CT molecular complexity index is 648. The van der Waals surface area contributed by atoms with E-state index in [-0.39, 0.29) is 0 Å². The van der Waals surface area contributed by atoms with E-state index < -0.39 is 0 Å². The standard InChI is InChI=1S/C16H14BrNS2/c17-10-13(12-6-2-1-3-7-12)11-19-16-18-14-8-4-5-9-15(14)20-16/h1-9,13H,10-11H2. The van der Waals surface area contributed by atoms with Gasteiger partial charge in [-0.05, 0) is 17.7 Å². The van der Waals surface area contributed by atoms with E-state index in [1.54, 1.807) is 11.3 Å². The number of thiazole rings is 1. The molecule has 0 amide bonds. The molecule has 0 aliphatic rings. The third-order valence-electron chi connectivity index (χ3n) is 3.14. The van der Waals surface area contributed by atoms with Crippen LogP contribution in [0, 0.1) is 0 Å². The highest BCUT2D eigenvalue weighted by Crippen LogP contribution is 2.33. The summed E-state index contributed by atoms with van der Waals surface area (Å²) in [5, 5.41) is 0.981. The Kier molecular flexibility index (Phi) is 4.76. The summed E-state index contributed by atoms with van der Waals surface area (Å²) in [5.41, 5.74) is 2.49. The first-order valence-corrected chi connectivity index (χ1v) is 9.38. The molecule has 20 heavy (non-hydrogen) atoms. The molecule has 1 heterocycles. The minimum atomic E-state index is 0.521. The number of hydrogen-bond donors (Lipinski definition) is 0. The van der Waals surface area contributed by atoms with Crippen molar-refractivity contribution in [2.75, 3.05) is 11.1 Å². The minimum Gasteiger partial charge on any atom is -0.230 e. The molecule has 2 aromatic carbocycles. The first-order chi connectivity index (χ1) is 9.86. The van der Waals surface area contributed by atoms with Gasteiger partial charge < -0.3 is 0 Å². The Morgan fingerprint density at radius 3 is 2.55 bits per heavy atom. The maximum Gasteiger partial charge on any atom is 0.151 e. The summed E-state index contributed by atoms with van der Waals surface area (Å²) >= 11 is 7.26. The molecule has 0 saturated carbocycles. The van der Waals surface area contributed by atoms with Crippen LogP contribution in [0.4, 0.5) is 0 Å². The highest BCUT2D eigenvalue weighted by molar-refractivity contribution is 9.09. The van der Waals surface area contributed by atoms with E-state index in [1.165, 1.54) is 10.3 Å². The third-order valence-corrected chi connectivity index (χ3v) is 6.26. The van der Waals surface area contributed by atoms with Crippen molar-refractivity contribution in [2.45, 2.75) is 10.3 Å². The third kappa shape index (κ3) is 3.25. The summed E-state index contributed by atoms with van der Waals surface area (Å²) in [7, 11) is 0. The molecule has 0 saturated heterocycles. The number of fused-ring (bicyclic) bond motifs is 1. The molecule has 0 bridgehead atoms. The number of hydrogen-bond acceptors (Lipinski definition) is 3. The number of alkyl halides is 1. The topological polar surface area (TPSA) is 12.9 Å². The molecule has 3 rings (SSSR count). The molecule has 3 aromatic rings. The molecule has 1 atom stereocenters. The summed E-state index contributed by atoms with van der Waals surface area (Å²) in [6, 6.07) is 19.0. The zero-order valence-electron chi connectivity index (χ0n) is 10.8. The Balaban J connectivity index is 1.71. The van der Waals surface area contributed by atoms with E-state index in [4.69, 9.17) is 0 Å². The Labute approximate surface area is 135 Å². The SMILES string of the molecule is BrCC(CSc1nc2ccccc2s1)c1ccccc1. The predicted molar refractivity (Wildman–Crippen MR) is 93.3 cm³/mol. The fourth-order valence-corrected chi connectivity index (χ4v) is 5.17. The molecule has 0 aliphatic heterocycles. The average Bonchev–Trinajstić information content (AvgIpc) is 2.92. The lowest BCUT2D eigenvalue weighted by Gasteiger charge is -2.12. The first kappa shape index (κ1) is 14.1. The van der Waals surface area contributed by atoms with Crippen molar-refractivity contribution in [1.82, 2.24) is 4.98 Å². The van der Waals surface area contributed by atoms with Crippen LogP contribution < -0.4 is 0 Å². The van der Waals surface area contributed by atoms with Crippen LogP contribution in [0.3, 0.4) is 0 Å². The van der Waals surface area contributed by atoms with Crippen molar-refractivity contribution >= 4 is 49.2 Å². The zero-order chi connectivity index (χ0) is 13.8. The quantitative estimate of drug-likeness (QED) is 0.434. The maximum absolute atomic E-state index is 4.68. The van der Waals surface area contributed by atoms with E-state index >= 15 is 0 Å². The molecule has 1 nitrogen and oxygen atoms in total. The van der Waals surface area contributed by atoms with Gasteiger partial charge in [-0.1, -0.05) is 70.2 Å². The van der Waals surface area contributed by atoms with Gasteiger partial charge in [0.2, 0.25) is 0 Å². The lowest BCUT2D eigenvalue weighted by Crippen LogP contribution is -2.03. The van der Waals surface area contributed by atoms with Gasteiger partial charge in [0.05, 0.1) is 10.2 Å². The van der Waals surface area contributed by atoms with Crippen molar-refractivity contribution in [3.8, 4) is 0 Å². The van der Waals surface area contributed by atoms with Crippen LogP contribution in [0.5, 0.6) is 0 Å². The zero-order valence-corrected chi connectivity index (χ0v) is 14.0. The van der Waals surface area contributed by atoms with Crippen molar-refractivity contribution in [3.05, 3.63) is 60.2 Å². The normalized spacial score (nSPS) is 12.7. The molecule has 0 spiro atoms. The number of rotatable bonds is 5. The van der Waals surface area contributed by atoms with E-state index in [0.29, 0.717) is 5.92 Å². The molecule has 0 N–H and O–H groups in total. The van der Waals surface area contributed by atoms with Crippen molar-refractivity contribution < 1.29 is 0 Å². The lowest BCUT2D eigenvalue weighted by atomic mass is 10.0. The number of para-hydroxylation sites is 1.